The van der Waals surface area contributed by atoms with Crippen LogP contribution in [0.1, 0.15) is 22.3 Å². The third-order valence-corrected chi connectivity index (χ3v) is 4.62. The van der Waals surface area contributed by atoms with E-state index >= 15 is 0 Å². The van der Waals surface area contributed by atoms with Gasteiger partial charge in [-0.3, -0.25) is 4.79 Å². The number of carbonyl (C=O) groups is 1. The lowest BCUT2D eigenvalue weighted by atomic mass is 10.1. The molecule has 1 fully saturated rings. The minimum Gasteiger partial charge on any atom is -0.300 e. The van der Waals surface area contributed by atoms with Crippen LogP contribution in [0.3, 0.4) is 0 Å². The lowest BCUT2D eigenvalue weighted by molar-refractivity contribution is -0.115. The molecule has 3 nitrogen and oxygen atoms in total. The Labute approximate surface area is 140 Å². The van der Waals surface area contributed by atoms with Crippen LogP contribution in [0.15, 0.2) is 52.4 Å². The molecule has 4 heteroatoms. The van der Waals surface area contributed by atoms with Crippen molar-refractivity contribution in [1.82, 2.24) is 5.32 Å². The highest BCUT2D eigenvalue weighted by Gasteiger charge is 2.24. The van der Waals surface area contributed by atoms with E-state index in [9.17, 15) is 4.79 Å². The lowest BCUT2D eigenvalue weighted by Gasteiger charge is -2.02. The van der Waals surface area contributed by atoms with Crippen molar-refractivity contribution in [2.75, 3.05) is 0 Å². The van der Waals surface area contributed by atoms with Gasteiger partial charge < -0.3 is 5.32 Å². The first kappa shape index (κ1) is 15.6. The molecule has 1 aliphatic heterocycles. The summed E-state index contributed by atoms with van der Waals surface area (Å²) >= 11 is 1.38. The van der Waals surface area contributed by atoms with Crippen LogP contribution in [0.4, 0.5) is 5.69 Å². The normalized spacial score (nSPS) is 17.8. The van der Waals surface area contributed by atoms with Crippen LogP contribution < -0.4 is 5.32 Å². The number of hydrogen-bond donors (Lipinski definition) is 1. The van der Waals surface area contributed by atoms with Crippen molar-refractivity contribution in [2.24, 2.45) is 4.99 Å². The second-order valence-corrected chi connectivity index (χ2v) is 6.66. The number of benzene rings is 2. The van der Waals surface area contributed by atoms with E-state index in [-0.39, 0.29) is 5.91 Å². The Bertz CT molecular complexity index is 837. The number of amidine groups is 1. The highest BCUT2D eigenvalue weighted by atomic mass is 32.2. The monoisotopic (exact) mass is 322 g/mol. The first-order valence-corrected chi connectivity index (χ1v) is 8.27. The Morgan fingerprint density at radius 1 is 1.04 bits per heavy atom. The van der Waals surface area contributed by atoms with Crippen LogP contribution in [0.2, 0.25) is 0 Å². The highest BCUT2D eigenvalue weighted by Crippen LogP contribution is 2.29. The quantitative estimate of drug-likeness (QED) is 0.827. The molecular weight excluding hydrogens is 304 g/mol. The average Bonchev–Trinajstić information content (AvgIpc) is 2.85. The SMILES string of the molecule is Cc1ccc(C)c(N=C2NC(=O)/C(=C/c3ccccc3C)S2)c1. The number of amides is 1. The predicted octanol–water partition coefficient (Wildman–Crippen LogP) is 4.50. The maximum atomic E-state index is 12.2. The minimum absolute atomic E-state index is 0.0951. The van der Waals surface area contributed by atoms with E-state index in [0.29, 0.717) is 10.1 Å². The Morgan fingerprint density at radius 3 is 2.61 bits per heavy atom. The number of rotatable bonds is 2. The van der Waals surface area contributed by atoms with E-state index in [2.05, 4.69) is 16.4 Å². The summed E-state index contributed by atoms with van der Waals surface area (Å²) in [5.74, 6) is -0.0951. The van der Waals surface area contributed by atoms with E-state index in [1.807, 2.05) is 63.2 Å². The fraction of sp³-hybridized carbons (Fsp3) is 0.158. The standard InChI is InChI=1S/C19H18N2OS/c1-12-8-9-14(3)16(10-12)20-19-21-18(22)17(23-19)11-15-7-5-4-6-13(15)2/h4-11H,1-3H3,(H,20,21,22)/b17-11-. The Hall–Kier alpha value is -2.33. The molecule has 1 amide bonds. The van der Waals surface area contributed by atoms with E-state index in [0.717, 1.165) is 27.9 Å². The molecule has 1 N–H and O–H groups in total. The van der Waals surface area contributed by atoms with Crippen LogP contribution in [0.25, 0.3) is 6.08 Å². The Balaban J connectivity index is 1.89. The molecular formula is C19H18N2OS. The Morgan fingerprint density at radius 2 is 1.83 bits per heavy atom. The molecule has 3 rings (SSSR count). The number of aliphatic imine (C=N–C) groups is 1. The summed E-state index contributed by atoms with van der Waals surface area (Å²) in [6.07, 6.45) is 1.92. The molecule has 0 radical (unpaired) electrons. The van der Waals surface area contributed by atoms with Gasteiger partial charge in [-0.15, -0.1) is 0 Å². The van der Waals surface area contributed by atoms with Crippen molar-refractivity contribution in [3.63, 3.8) is 0 Å². The largest absolute Gasteiger partial charge is 0.300 e. The number of nitrogens with one attached hydrogen (secondary N) is 1. The second kappa shape index (κ2) is 6.42. The molecule has 1 saturated heterocycles. The average molecular weight is 322 g/mol. The first-order chi connectivity index (χ1) is 11.0. The van der Waals surface area contributed by atoms with Crippen LogP contribution in [0, 0.1) is 20.8 Å². The molecule has 0 unspecified atom stereocenters. The summed E-state index contributed by atoms with van der Waals surface area (Å²) in [5.41, 5.74) is 5.34. The van der Waals surface area contributed by atoms with Crippen molar-refractivity contribution in [1.29, 1.82) is 0 Å². The van der Waals surface area contributed by atoms with E-state index < -0.39 is 0 Å². The van der Waals surface area contributed by atoms with Crippen LogP contribution in [-0.4, -0.2) is 11.1 Å². The van der Waals surface area contributed by atoms with Gasteiger partial charge in [-0.1, -0.05) is 36.4 Å². The summed E-state index contributed by atoms with van der Waals surface area (Å²) in [6.45, 7) is 6.09. The zero-order valence-electron chi connectivity index (χ0n) is 13.4. The third kappa shape index (κ3) is 3.54. The van der Waals surface area contributed by atoms with E-state index in [1.165, 1.54) is 11.8 Å². The number of nitrogens with zero attached hydrogens (tertiary/aromatic N) is 1. The summed E-state index contributed by atoms with van der Waals surface area (Å²) in [7, 11) is 0. The maximum Gasteiger partial charge on any atom is 0.264 e. The molecule has 0 spiro atoms. The molecule has 2 aromatic rings. The van der Waals surface area contributed by atoms with Crippen LogP contribution >= 0.6 is 11.8 Å². The van der Waals surface area contributed by atoms with Gasteiger partial charge in [-0.2, -0.15) is 0 Å². The van der Waals surface area contributed by atoms with Gasteiger partial charge in [0, 0.05) is 0 Å². The molecule has 116 valence electrons. The summed E-state index contributed by atoms with van der Waals surface area (Å²) < 4.78 is 0. The van der Waals surface area contributed by atoms with Gasteiger partial charge in [0.05, 0.1) is 10.6 Å². The molecule has 0 saturated carbocycles. The molecule has 23 heavy (non-hydrogen) atoms. The fourth-order valence-corrected chi connectivity index (χ4v) is 3.15. The van der Waals surface area contributed by atoms with Crippen LogP contribution in [0.5, 0.6) is 0 Å². The molecule has 2 aromatic carbocycles. The van der Waals surface area contributed by atoms with Gasteiger partial charge in [0.2, 0.25) is 0 Å². The van der Waals surface area contributed by atoms with Crippen molar-refractivity contribution < 1.29 is 4.79 Å². The van der Waals surface area contributed by atoms with Gasteiger partial charge in [0.1, 0.15) is 0 Å². The molecule has 0 aromatic heterocycles. The van der Waals surface area contributed by atoms with Crippen LogP contribution in [-0.2, 0) is 4.79 Å². The van der Waals surface area contributed by atoms with E-state index in [4.69, 9.17) is 0 Å². The van der Waals surface area contributed by atoms with Gasteiger partial charge in [-0.05, 0) is 66.9 Å². The van der Waals surface area contributed by atoms with Gasteiger partial charge in [0.25, 0.3) is 5.91 Å². The van der Waals surface area contributed by atoms with Gasteiger partial charge in [-0.25, -0.2) is 4.99 Å². The topological polar surface area (TPSA) is 41.5 Å². The van der Waals surface area contributed by atoms with E-state index in [1.54, 1.807) is 0 Å². The van der Waals surface area contributed by atoms with Crippen molar-refractivity contribution >= 4 is 34.6 Å². The van der Waals surface area contributed by atoms with Crippen molar-refractivity contribution in [3.8, 4) is 0 Å². The number of carbonyl (C=O) groups excluding carboxylic acids is 1. The highest BCUT2D eigenvalue weighted by molar-refractivity contribution is 8.18. The predicted molar refractivity (Wildman–Crippen MR) is 97.9 cm³/mol. The maximum absolute atomic E-state index is 12.2. The molecule has 1 heterocycles. The lowest BCUT2D eigenvalue weighted by Crippen LogP contribution is -2.19. The van der Waals surface area contributed by atoms with Gasteiger partial charge >= 0.3 is 0 Å². The minimum atomic E-state index is -0.0951. The molecule has 0 bridgehead atoms. The molecule has 0 aliphatic carbocycles. The number of hydrogen-bond acceptors (Lipinski definition) is 3. The summed E-state index contributed by atoms with van der Waals surface area (Å²) in [6, 6.07) is 14.1. The molecule has 0 atom stereocenters. The van der Waals surface area contributed by atoms with Gasteiger partial charge in [0.15, 0.2) is 5.17 Å². The smallest absolute Gasteiger partial charge is 0.264 e. The first-order valence-electron chi connectivity index (χ1n) is 7.45. The van der Waals surface area contributed by atoms with Crippen molar-refractivity contribution in [3.05, 3.63) is 69.6 Å². The molecule has 1 aliphatic rings. The zero-order valence-corrected chi connectivity index (χ0v) is 14.2. The summed E-state index contributed by atoms with van der Waals surface area (Å²) in [5, 5.41) is 3.47. The summed E-state index contributed by atoms with van der Waals surface area (Å²) in [4.78, 5) is 17.4. The van der Waals surface area contributed by atoms with Crippen molar-refractivity contribution in [2.45, 2.75) is 20.8 Å². The number of thioether (sulfide) groups is 1. The number of aryl methyl sites for hydroxylation is 3. The Kier molecular flexibility index (Phi) is 4.35. The fourth-order valence-electron chi connectivity index (χ4n) is 2.32. The second-order valence-electron chi connectivity index (χ2n) is 5.63. The third-order valence-electron chi connectivity index (χ3n) is 3.71. The zero-order chi connectivity index (χ0) is 16.4.